The Morgan fingerprint density at radius 3 is 1.85 bits per heavy atom. The lowest BCUT2D eigenvalue weighted by atomic mass is 9.29. The van der Waals surface area contributed by atoms with Crippen molar-refractivity contribution >= 4 is 68.0 Å². The second-order valence-electron chi connectivity index (χ2n) is 20.8. The zero-order valence-electron chi connectivity index (χ0n) is 37.3. The van der Waals surface area contributed by atoms with Gasteiger partial charge in [0.05, 0.1) is 0 Å². The first-order chi connectivity index (χ1) is 28.6. The smallest absolute Gasteiger partial charge is 0.247 e. The second kappa shape index (κ2) is 13.7. The fourth-order valence-corrected chi connectivity index (χ4v) is 10.8. The van der Waals surface area contributed by atoms with Gasteiger partial charge in [0.25, 0.3) is 0 Å². The highest BCUT2D eigenvalue weighted by Gasteiger charge is 2.48. The van der Waals surface area contributed by atoms with Crippen LogP contribution < -0.4 is 26.2 Å². The van der Waals surface area contributed by atoms with Crippen LogP contribution in [-0.2, 0) is 16.2 Å². The fourth-order valence-electron chi connectivity index (χ4n) is 10.8. The van der Waals surface area contributed by atoms with E-state index in [1.165, 1.54) is 85.0 Å². The molecule has 2 aliphatic heterocycles. The van der Waals surface area contributed by atoms with Crippen LogP contribution in [0.5, 0.6) is 0 Å². The van der Waals surface area contributed by atoms with Crippen LogP contribution in [-0.4, -0.2) is 6.71 Å². The number of anilines is 6. The quantitative estimate of drug-likeness (QED) is 0.164. The van der Waals surface area contributed by atoms with Crippen LogP contribution >= 0.6 is 0 Å². The maximum Gasteiger partial charge on any atom is 0.247 e. The summed E-state index contributed by atoms with van der Waals surface area (Å²) in [5.41, 5.74) is 20.1. The molecule has 0 spiro atoms. The van der Waals surface area contributed by atoms with E-state index in [1.807, 2.05) is 0 Å². The van der Waals surface area contributed by atoms with E-state index in [4.69, 9.17) is 0 Å². The highest BCUT2D eigenvalue weighted by Crippen LogP contribution is 2.49. The number of hydrogen-bond donors (Lipinski definition) is 0. The molecule has 0 bridgehead atoms. The Labute approximate surface area is 359 Å². The summed E-state index contributed by atoms with van der Waals surface area (Å²) in [5.74, 6) is 1.11. The van der Waals surface area contributed by atoms with E-state index >= 15 is 0 Å². The summed E-state index contributed by atoms with van der Waals surface area (Å²) >= 11 is 0. The van der Waals surface area contributed by atoms with E-state index < -0.39 is 0 Å². The van der Waals surface area contributed by atoms with Crippen molar-refractivity contribution in [2.75, 3.05) is 9.80 Å². The Bertz CT molecular complexity index is 2800. The maximum atomic E-state index is 2.67. The molecule has 0 aromatic heterocycles. The molecule has 2 unspecified atom stereocenters. The SMILES string of the molecule is CC1CCC(C)c2cc3c(cc21)B1c2cc(C(C)(C)C)ccc2N(c2ccc(C(C)(C)C)cc2)c2cc(N(c4ccccc4)c4ccc5ccccc5c4)cc(c21)C3(C)C. The topological polar surface area (TPSA) is 6.48 Å². The molecule has 2 atom stereocenters. The average molecular weight is 783 g/mol. The number of para-hydroxylation sites is 1. The van der Waals surface area contributed by atoms with Gasteiger partial charge in [0, 0.05) is 39.5 Å². The van der Waals surface area contributed by atoms with Gasteiger partial charge in [-0.1, -0.05) is 160 Å². The zero-order valence-corrected chi connectivity index (χ0v) is 37.3. The standard InChI is InChI=1S/C57H59BN2/c1-36-20-21-37(2)47-35-50-48(34-46(36)47)57(9,10)49-32-45(59(42-18-12-11-13-19-42)44-26-22-38-16-14-15-17-39(38)30-44)33-53-54(49)58(50)51-31-41(56(6,7)8)25-29-52(51)60(53)43-27-23-40(24-28-43)55(3,4)5/h11-19,22-37H,20-21H2,1-10H3. The lowest BCUT2D eigenvalue weighted by Gasteiger charge is -2.47. The van der Waals surface area contributed by atoms with E-state index in [9.17, 15) is 0 Å². The molecule has 60 heavy (non-hydrogen) atoms. The number of nitrogens with zero attached hydrogens (tertiary/aromatic N) is 2. The molecule has 2 nitrogen and oxygen atoms in total. The molecule has 7 aromatic rings. The van der Waals surface area contributed by atoms with Gasteiger partial charge in [-0.25, -0.2) is 0 Å². The van der Waals surface area contributed by atoms with Gasteiger partial charge in [0.1, 0.15) is 0 Å². The average Bonchev–Trinajstić information content (AvgIpc) is 3.23. The normalized spacial score (nSPS) is 17.8. The summed E-state index contributed by atoms with van der Waals surface area (Å²) in [7, 11) is 0. The van der Waals surface area contributed by atoms with Crippen LogP contribution in [0.4, 0.5) is 34.1 Å². The first kappa shape index (κ1) is 38.7. The van der Waals surface area contributed by atoms with Crippen LogP contribution in [0.2, 0.25) is 0 Å². The molecule has 1 aliphatic carbocycles. The van der Waals surface area contributed by atoms with Gasteiger partial charge >= 0.3 is 0 Å². The Kier molecular flexibility index (Phi) is 8.86. The molecule has 0 saturated carbocycles. The molecule has 0 saturated heterocycles. The van der Waals surface area contributed by atoms with Crippen molar-refractivity contribution in [2.24, 2.45) is 0 Å². The van der Waals surface area contributed by atoms with Gasteiger partial charge in [0.15, 0.2) is 0 Å². The molecule has 0 amide bonds. The molecule has 10 rings (SSSR count). The van der Waals surface area contributed by atoms with Crippen molar-refractivity contribution in [1.82, 2.24) is 0 Å². The van der Waals surface area contributed by atoms with Crippen molar-refractivity contribution < 1.29 is 0 Å². The summed E-state index contributed by atoms with van der Waals surface area (Å²) in [5, 5.41) is 2.49. The lowest BCUT2D eigenvalue weighted by Crippen LogP contribution is -2.64. The first-order valence-electron chi connectivity index (χ1n) is 22.4. The molecule has 7 aromatic carbocycles. The molecule has 3 aliphatic rings. The first-order valence-corrected chi connectivity index (χ1v) is 22.4. The highest BCUT2D eigenvalue weighted by molar-refractivity contribution is 6.99. The summed E-state index contributed by atoms with van der Waals surface area (Å²) in [6.07, 6.45) is 2.50. The Morgan fingerprint density at radius 1 is 0.533 bits per heavy atom. The molecule has 300 valence electrons. The Morgan fingerprint density at radius 2 is 1.17 bits per heavy atom. The second-order valence-corrected chi connectivity index (χ2v) is 20.8. The minimum absolute atomic E-state index is 0.00773. The van der Waals surface area contributed by atoms with Gasteiger partial charge in [0.2, 0.25) is 6.71 Å². The van der Waals surface area contributed by atoms with Crippen molar-refractivity contribution in [3.8, 4) is 0 Å². The summed E-state index contributed by atoms with van der Waals surface area (Å²) in [6, 6.07) is 53.8. The largest absolute Gasteiger partial charge is 0.311 e. The lowest BCUT2D eigenvalue weighted by molar-refractivity contribution is 0.524. The van der Waals surface area contributed by atoms with Gasteiger partial charge in [-0.05, 0) is 145 Å². The number of rotatable bonds is 4. The third kappa shape index (κ3) is 6.14. The monoisotopic (exact) mass is 782 g/mol. The van der Waals surface area contributed by atoms with Crippen molar-refractivity contribution in [3.05, 3.63) is 173 Å². The molecule has 3 heteroatoms. The minimum Gasteiger partial charge on any atom is -0.311 e. The van der Waals surface area contributed by atoms with Crippen LogP contribution in [0.1, 0.15) is 127 Å². The van der Waals surface area contributed by atoms with Crippen LogP contribution in [0.3, 0.4) is 0 Å². The molecule has 0 fully saturated rings. The number of benzene rings is 7. The van der Waals surface area contributed by atoms with Gasteiger partial charge in [-0.2, -0.15) is 0 Å². The van der Waals surface area contributed by atoms with Gasteiger partial charge < -0.3 is 9.80 Å². The summed E-state index contributed by atoms with van der Waals surface area (Å²) in [4.78, 5) is 5.08. The van der Waals surface area contributed by atoms with Crippen LogP contribution in [0.15, 0.2) is 140 Å². The van der Waals surface area contributed by atoms with E-state index in [0.29, 0.717) is 11.8 Å². The summed E-state index contributed by atoms with van der Waals surface area (Å²) in [6.45, 7) is 24.0. The molecule has 2 heterocycles. The molecular weight excluding hydrogens is 723 g/mol. The van der Waals surface area contributed by atoms with Crippen molar-refractivity contribution in [1.29, 1.82) is 0 Å². The van der Waals surface area contributed by atoms with E-state index in [0.717, 1.165) is 11.4 Å². The highest BCUT2D eigenvalue weighted by atomic mass is 15.2. The third-order valence-electron chi connectivity index (χ3n) is 14.4. The Hall–Kier alpha value is -5.54. The predicted molar refractivity (Wildman–Crippen MR) is 260 cm³/mol. The van der Waals surface area contributed by atoms with E-state index in [-0.39, 0.29) is 23.0 Å². The Balaban J connectivity index is 1.31. The van der Waals surface area contributed by atoms with Crippen LogP contribution in [0, 0.1) is 0 Å². The zero-order chi connectivity index (χ0) is 41.9. The number of hydrogen-bond acceptors (Lipinski definition) is 2. The third-order valence-corrected chi connectivity index (χ3v) is 14.4. The van der Waals surface area contributed by atoms with E-state index in [2.05, 4.69) is 219 Å². The predicted octanol–water partition coefficient (Wildman–Crippen LogP) is 13.8. The van der Waals surface area contributed by atoms with Crippen molar-refractivity contribution in [3.63, 3.8) is 0 Å². The van der Waals surface area contributed by atoms with Gasteiger partial charge in [-0.3, -0.25) is 0 Å². The van der Waals surface area contributed by atoms with Gasteiger partial charge in [-0.15, -0.1) is 0 Å². The summed E-state index contributed by atoms with van der Waals surface area (Å²) < 4.78 is 0. The molecular formula is C57H59BN2. The fraction of sp³-hybridized carbons (Fsp3) is 0.298. The molecule has 0 N–H and O–H groups in total. The maximum absolute atomic E-state index is 2.67. The van der Waals surface area contributed by atoms with E-state index in [1.54, 1.807) is 11.1 Å². The minimum atomic E-state index is -0.256. The number of fused-ring (bicyclic) bond motifs is 6. The van der Waals surface area contributed by atoms with Crippen molar-refractivity contribution in [2.45, 2.75) is 110 Å². The van der Waals surface area contributed by atoms with Crippen LogP contribution in [0.25, 0.3) is 10.8 Å². The molecule has 0 radical (unpaired) electrons.